The van der Waals surface area contributed by atoms with E-state index in [1.54, 1.807) is 0 Å². The van der Waals surface area contributed by atoms with Crippen LogP contribution in [-0.4, -0.2) is 16.1 Å². The van der Waals surface area contributed by atoms with E-state index in [4.69, 9.17) is 9.52 Å². The smallest absolute Gasteiger partial charge is 0.374 e. The Bertz CT molecular complexity index is 642. The average Bonchev–Trinajstić information content (AvgIpc) is 2.77. The Morgan fingerprint density at radius 2 is 2.11 bits per heavy atom. The van der Waals surface area contributed by atoms with E-state index in [1.165, 1.54) is 6.07 Å². The van der Waals surface area contributed by atoms with Crippen LogP contribution in [0.15, 0.2) is 27.1 Å². The standard InChI is InChI=1S/C11H5BrF3NO3/c12-6-2-1-4(13)3-5(6)10-16-7(9(14)15)8(19-10)11(17)18/h1-3,9H,(H,17,18). The van der Waals surface area contributed by atoms with Crippen LogP contribution in [0.25, 0.3) is 11.5 Å². The summed E-state index contributed by atoms with van der Waals surface area (Å²) in [6, 6.07) is 3.47. The van der Waals surface area contributed by atoms with Crippen LogP contribution in [0.5, 0.6) is 0 Å². The van der Waals surface area contributed by atoms with Gasteiger partial charge < -0.3 is 9.52 Å². The summed E-state index contributed by atoms with van der Waals surface area (Å²) < 4.78 is 43.5. The number of hydrogen-bond donors (Lipinski definition) is 1. The summed E-state index contributed by atoms with van der Waals surface area (Å²) in [7, 11) is 0. The lowest BCUT2D eigenvalue weighted by molar-refractivity contribution is 0.0647. The first kappa shape index (κ1) is 13.6. The topological polar surface area (TPSA) is 63.3 Å². The highest BCUT2D eigenvalue weighted by Crippen LogP contribution is 2.32. The Morgan fingerprint density at radius 3 is 2.63 bits per heavy atom. The number of alkyl halides is 2. The number of oxazole rings is 1. The monoisotopic (exact) mass is 335 g/mol. The molecule has 19 heavy (non-hydrogen) atoms. The third kappa shape index (κ3) is 2.62. The summed E-state index contributed by atoms with van der Waals surface area (Å²) >= 11 is 3.07. The molecule has 8 heteroatoms. The molecule has 0 amide bonds. The van der Waals surface area contributed by atoms with Crippen molar-refractivity contribution in [3.05, 3.63) is 39.9 Å². The van der Waals surface area contributed by atoms with Gasteiger partial charge in [0.05, 0.1) is 5.56 Å². The first-order valence-corrected chi connectivity index (χ1v) is 5.67. The van der Waals surface area contributed by atoms with Gasteiger partial charge in [-0.3, -0.25) is 0 Å². The van der Waals surface area contributed by atoms with E-state index < -0.39 is 29.7 Å². The predicted molar refractivity (Wildman–Crippen MR) is 61.5 cm³/mol. The molecule has 1 N–H and O–H groups in total. The SMILES string of the molecule is O=C(O)c1oc(-c2cc(F)ccc2Br)nc1C(F)F. The number of carboxylic acid groups (broad SMARTS) is 1. The zero-order valence-corrected chi connectivity index (χ0v) is 10.6. The number of carbonyl (C=O) groups is 1. The van der Waals surface area contributed by atoms with Crippen LogP contribution < -0.4 is 0 Å². The van der Waals surface area contributed by atoms with Crippen LogP contribution in [0.2, 0.25) is 0 Å². The second-order valence-corrected chi connectivity index (χ2v) is 4.32. The molecule has 0 saturated carbocycles. The first-order valence-electron chi connectivity index (χ1n) is 4.87. The Labute approximate surface area is 113 Å². The second-order valence-electron chi connectivity index (χ2n) is 3.46. The third-order valence-corrected chi connectivity index (χ3v) is 2.90. The molecule has 1 heterocycles. The Balaban J connectivity index is 2.60. The summed E-state index contributed by atoms with van der Waals surface area (Å²) in [4.78, 5) is 14.2. The van der Waals surface area contributed by atoms with Crippen LogP contribution in [0, 0.1) is 5.82 Å². The molecule has 0 radical (unpaired) electrons. The fourth-order valence-electron chi connectivity index (χ4n) is 1.41. The number of aromatic nitrogens is 1. The van der Waals surface area contributed by atoms with Crippen molar-refractivity contribution >= 4 is 21.9 Å². The fraction of sp³-hybridized carbons (Fsp3) is 0.0909. The molecule has 0 aliphatic carbocycles. The van der Waals surface area contributed by atoms with Crippen molar-refractivity contribution in [2.45, 2.75) is 6.43 Å². The third-order valence-electron chi connectivity index (χ3n) is 2.21. The van der Waals surface area contributed by atoms with E-state index >= 15 is 0 Å². The lowest BCUT2D eigenvalue weighted by Crippen LogP contribution is -1.99. The molecule has 0 fully saturated rings. The largest absolute Gasteiger partial charge is 0.475 e. The van der Waals surface area contributed by atoms with Crippen molar-refractivity contribution in [2.24, 2.45) is 0 Å². The van der Waals surface area contributed by atoms with E-state index in [9.17, 15) is 18.0 Å². The molecule has 4 nitrogen and oxygen atoms in total. The summed E-state index contributed by atoms with van der Waals surface area (Å²) in [5, 5.41) is 8.75. The van der Waals surface area contributed by atoms with Gasteiger partial charge in [-0.1, -0.05) is 0 Å². The zero-order chi connectivity index (χ0) is 14.2. The fourth-order valence-corrected chi connectivity index (χ4v) is 1.83. The number of rotatable bonds is 3. The summed E-state index contributed by atoms with van der Waals surface area (Å²) in [5.74, 6) is -3.64. The van der Waals surface area contributed by atoms with Gasteiger partial charge in [0.15, 0.2) is 5.69 Å². The minimum Gasteiger partial charge on any atom is -0.475 e. The lowest BCUT2D eigenvalue weighted by atomic mass is 10.2. The average molecular weight is 336 g/mol. The molecule has 0 aliphatic heterocycles. The lowest BCUT2D eigenvalue weighted by Gasteiger charge is -1.99. The summed E-state index contributed by atoms with van der Waals surface area (Å²) in [6.07, 6.45) is -3.10. The molecule has 0 spiro atoms. The van der Waals surface area contributed by atoms with Crippen LogP contribution in [0.3, 0.4) is 0 Å². The molecule has 1 aromatic heterocycles. The van der Waals surface area contributed by atoms with Crippen LogP contribution in [0.1, 0.15) is 22.7 Å². The van der Waals surface area contributed by atoms with Gasteiger partial charge in [-0.05, 0) is 34.1 Å². The van der Waals surface area contributed by atoms with Crippen LogP contribution in [0.4, 0.5) is 13.2 Å². The van der Waals surface area contributed by atoms with Gasteiger partial charge in [0.25, 0.3) is 6.43 Å². The number of nitrogens with zero attached hydrogens (tertiary/aromatic N) is 1. The highest BCUT2D eigenvalue weighted by atomic mass is 79.9. The number of carboxylic acids is 1. The number of benzene rings is 1. The highest BCUT2D eigenvalue weighted by molar-refractivity contribution is 9.10. The Hall–Kier alpha value is -1.83. The molecule has 0 aliphatic rings. The van der Waals surface area contributed by atoms with E-state index in [0.29, 0.717) is 4.47 Å². The molecule has 0 bridgehead atoms. The minimum absolute atomic E-state index is 0.0504. The normalized spacial score (nSPS) is 11.0. The number of hydrogen-bond acceptors (Lipinski definition) is 3. The van der Waals surface area contributed by atoms with Crippen molar-refractivity contribution < 1.29 is 27.5 Å². The predicted octanol–water partition coefficient (Wildman–Crippen LogP) is 3.88. The molecule has 0 saturated heterocycles. The van der Waals surface area contributed by atoms with E-state index in [-0.39, 0.29) is 11.5 Å². The van der Waals surface area contributed by atoms with Gasteiger partial charge in [0.2, 0.25) is 11.7 Å². The van der Waals surface area contributed by atoms with Gasteiger partial charge in [-0.25, -0.2) is 22.9 Å². The van der Waals surface area contributed by atoms with Gasteiger partial charge in [-0.15, -0.1) is 0 Å². The van der Waals surface area contributed by atoms with E-state index in [0.717, 1.165) is 12.1 Å². The molecule has 2 aromatic rings. The minimum atomic E-state index is -3.10. The molecule has 0 atom stereocenters. The van der Waals surface area contributed by atoms with Crippen molar-refractivity contribution in [3.8, 4) is 11.5 Å². The molecule has 0 unspecified atom stereocenters. The van der Waals surface area contributed by atoms with E-state index in [2.05, 4.69) is 20.9 Å². The van der Waals surface area contributed by atoms with Gasteiger partial charge in [0, 0.05) is 4.47 Å². The maximum atomic E-state index is 13.1. The molecular weight excluding hydrogens is 331 g/mol. The van der Waals surface area contributed by atoms with Gasteiger partial charge in [-0.2, -0.15) is 0 Å². The maximum Gasteiger partial charge on any atom is 0.374 e. The van der Waals surface area contributed by atoms with E-state index in [1.807, 2.05) is 0 Å². The van der Waals surface area contributed by atoms with Crippen molar-refractivity contribution in [1.82, 2.24) is 4.98 Å². The molecular formula is C11H5BrF3NO3. The van der Waals surface area contributed by atoms with Crippen molar-refractivity contribution in [1.29, 1.82) is 0 Å². The Morgan fingerprint density at radius 1 is 1.42 bits per heavy atom. The molecule has 1 aromatic carbocycles. The number of halogens is 4. The highest BCUT2D eigenvalue weighted by Gasteiger charge is 2.27. The van der Waals surface area contributed by atoms with Crippen LogP contribution >= 0.6 is 15.9 Å². The second kappa shape index (κ2) is 5.04. The van der Waals surface area contributed by atoms with Crippen LogP contribution in [-0.2, 0) is 0 Å². The first-order chi connectivity index (χ1) is 8.90. The maximum absolute atomic E-state index is 13.1. The summed E-state index contributed by atoms with van der Waals surface area (Å²) in [6.45, 7) is 0. The number of aromatic carboxylic acids is 1. The van der Waals surface area contributed by atoms with Crippen molar-refractivity contribution in [2.75, 3.05) is 0 Å². The Kier molecular flexibility index (Phi) is 3.61. The van der Waals surface area contributed by atoms with Gasteiger partial charge >= 0.3 is 5.97 Å². The molecule has 2 rings (SSSR count). The quantitative estimate of drug-likeness (QED) is 0.924. The summed E-state index contributed by atoms with van der Waals surface area (Å²) in [5.41, 5.74) is -0.937. The zero-order valence-electron chi connectivity index (χ0n) is 9.03. The molecule has 100 valence electrons. The van der Waals surface area contributed by atoms with Crippen molar-refractivity contribution in [3.63, 3.8) is 0 Å². The van der Waals surface area contributed by atoms with Gasteiger partial charge in [0.1, 0.15) is 5.82 Å².